The minimum absolute atomic E-state index is 0.273. The summed E-state index contributed by atoms with van der Waals surface area (Å²) in [6.45, 7) is 7.13. The summed E-state index contributed by atoms with van der Waals surface area (Å²) in [5, 5.41) is 13.5. The van der Waals surface area contributed by atoms with Gasteiger partial charge in [-0.1, -0.05) is 18.2 Å². The van der Waals surface area contributed by atoms with Crippen LogP contribution in [0.2, 0.25) is 0 Å². The molecule has 2 saturated heterocycles. The van der Waals surface area contributed by atoms with E-state index < -0.39 is 36.4 Å². The number of rotatable bonds is 3. The lowest BCUT2D eigenvalue weighted by atomic mass is 9.95. The van der Waals surface area contributed by atoms with E-state index in [0.717, 1.165) is 5.56 Å². The minimum Gasteiger partial charge on any atom is -0.462 e. The minimum atomic E-state index is -0.986. The van der Waals surface area contributed by atoms with E-state index in [2.05, 4.69) is 5.32 Å². The third-order valence-electron chi connectivity index (χ3n) is 4.39. The number of hydrogen-bond acceptors (Lipinski definition) is 6. The number of fused-ring (bicyclic) bond motifs is 1. The average Bonchev–Trinajstić information content (AvgIpc) is 2.53. The van der Waals surface area contributed by atoms with Gasteiger partial charge in [-0.25, -0.2) is 0 Å². The monoisotopic (exact) mass is 351 g/mol. The highest BCUT2D eigenvalue weighted by atomic mass is 16.8. The Bertz CT molecular complexity index is 634. The lowest BCUT2D eigenvalue weighted by Crippen LogP contribution is -2.69. The first-order valence-corrected chi connectivity index (χ1v) is 8.41. The summed E-state index contributed by atoms with van der Waals surface area (Å²) in [7, 11) is 0. The summed E-state index contributed by atoms with van der Waals surface area (Å²) in [5.41, 5.74) is 0.932. The van der Waals surface area contributed by atoms with Gasteiger partial charge in [-0.05, 0) is 32.4 Å². The number of aliphatic hydroxyl groups excluding tert-OH is 1. The molecule has 0 bridgehead atoms. The first-order chi connectivity index (χ1) is 11.8. The number of carbonyl (C=O) groups excluding carboxylic acids is 1. The number of nitrogens with one attached hydrogen (secondary N) is 1. The molecule has 0 saturated carbocycles. The standard InChI is InChI=1S/C18H25NO6/c1-10-7-5-6-8-12(10)23-17-14(19-11(2)20)15(21)16-13(24-17)9-22-18(3,4)25-16/h5-8,13-17,21H,9H2,1-4H3,(H,19,20)/t13-,14+,15+,16-,17-/m1/s1. The van der Waals surface area contributed by atoms with Crippen molar-refractivity contribution >= 4 is 5.91 Å². The first-order valence-electron chi connectivity index (χ1n) is 8.41. The van der Waals surface area contributed by atoms with Crippen LogP contribution in [-0.2, 0) is 19.0 Å². The number of carbonyl (C=O) groups is 1. The maximum Gasteiger partial charge on any atom is 0.223 e. The molecule has 0 radical (unpaired) electrons. The van der Waals surface area contributed by atoms with Crippen LogP contribution in [0.15, 0.2) is 24.3 Å². The second kappa shape index (κ2) is 6.92. The molecule has 5 atom stereocenters. The van der Waals surface area contributed by atoms with Crippen molar-refractivity contribution in [2.45, 2.75) is 64.1 Å². The Balaban J connectivity index is 1.83. The molecule has 25 heavy (non-hydrogen) atoms. The van der Waals surface area contributed by atoms with Crippen LogP contribution in [0.5, 0.6) is 5.75 Å². The maximum atomic E-state index is 11.6. The van der Waals surface area contributed by atoms with Gasteiger partial charge in [0.05, 0.1) is 6.61 Å². The summed E-state index contributed by atoms with van der Waals surface area (Å²) >= 11 is 0. The molecular weight excluding hydrogens is 326 g/mol. The molecule has 1 aromatic rings. The van der Waals surface area contributed by atoms with Gasteiger partial charge < -0.3 is 29.4 Å². The van der Waals surface area contributed by atoms with E-state index in [4.69, 9.17) is 18.9 Å². The van der Waals surface area contributed by atoms with Gasteiger partial charge in [-0.15, -0.1) is 0 Å². The molecule has 0 spiro atoms. The highest BCUT2D eigenvalue weighted by molar-refractivity contribution is 5.73. The highest BCUT2D eigenvalue weighted by Gasteiger charge is 2.52. The molecule has 3 rings (SSSR count). The van der Waals surface area contributed by atoms with Crippen molar-refractivity contribution in [3.63, 3.8) is 0 Å². The predicted octanol–water partition coefficient (Wildman–Crippen LogP) is 1.12. The Morgan fingerprint density at radius 3 is 2.76 bits per heavy atom. The molecule has 0 unspecified atom stereocenters. The van der Waals surface area contributed by atoms with E-state index in [-0.39, 0.29) is 12.5 Å². The quantitative estimate of drug-likeness (QED) is 0.849. The molecule has 2 fully saturated rings. The van der Waals surface area contributed by atoms with E-state index in [0.29, 0.717) is 5.75 Å². The van der Waals surface area contributed by atoms with E-state index in [1.165, 1.54) is 6.92 Å². The van der Waals surface area contributed by atoms with Crippen molar-refractivity contribution in [2.75, 3.05) is 6.61 Å². The summed E-state index contributed by atoms with van der Waals surface area (Å²) in [6, 6.07) is 6.74. The molecule has 1 aromatic carbocycles. The average molecular weight is 351 g/mol. The lowest BCUT2D eigenvalue weighted by Gasteiger charge is -2.49. The first kappa shape index (κ1) is 18.1. The molecule has 2 aliphatic heterocycles. The van der Waals surface area contributed by atoms with Crippen LogP contribution in [0.25, 0.3) is 0 Å². The molecular formula is C18H25NO6. The van der Waals surface area contributed by atoms with Gasteiger partial charge in [-0.2, -0.15) is 0 Å². The Kier molecular flexibility index (Phi) is 5.02. The third kappa shape index (κ3) is 3.95. The molecule has 2 N–H and O–H groups in total. The van der Waals surface area contributed by atoms with Gasteiger partial charge in [0.1, 0.15) is 30.1 Å². The second-order valence-electron chi connectivity index (χ2n) is 6.94. The van der Waals surface area contributed by atoms with Crippen LogP contribution in [-0.4, -0.2) is 54.1 Å². The SMILES string of the molecule is CC(=O)N[C@@H]1[C@H](Oc2ccccc2C)O[C@@H]2COC(C)(C)O[C@H]2[C@H]1O. The van der Waals surface area contributed by atoms with Crippen molar-refractivity contribution in [1.82, 2.24) is 5.32 Å². The second-order valence-corrected chi connectivity index (χ2v) is 6.94. The molecule has 7 heteroatoms. The predicted molar refractivity (Wildman–Crippen MR) is 89.0 cm³/mol. The topological polar surface area (TPSA) is 86.3 Å². The number of para-hydroxylation sites is 1. The van der Waals surface area contributed by atoms with E-state index in [1.54, 1.807) is 13.8 Å². The number of amides is 1. The van der Waals surface area contributed by atoms with E-state index in [1.807, 2.05) is 31.2 Å². The molecule has 1 amide bonds. The molecule has 0 aromatic heterocycles. The van der Waals surface area contributed by atoms with Crippen LogP contribution in [0.3, 0.4) is 0 Å². The van der Waals surface area contributed by atoms with Crippen molar-refractivity contribution in [3.05, 3.63) is 29.8 Å². The van der Waals surface area contributed by atoms with Gasteiger partial charge in [0.2, 0.25) is 12.2 Å². The maximum absolute atomic E-state index is 11.6. The Hall–Kier alpha value is -1.67. The zero-order valence-electron chi connectivity index (χ0n) is 14.9. The Morgan fingerprint density at radius 1 is 1.36 bits per heavy atom. The zero-order valence-corrected chi connectivity index (χ0v) is 14.9. The van der Waals surface area contributed by atoms with Crippen molar-refractivity contribution < 1.29 is 28.8 Å². The van der Waals surface area contributed by atoms with Crippen LogP contribution < -0.4 is 10.1 Å². The van der Waals surface area contributed by atoms with Gasteiger partial charge in [0.25, 0.3) is 0 Å². The fourth-order valence-corrected chi connectivity index (χ4v) is 3.15. The number of hydrogen-bond donors (Lipinski definition) is 2. The van der Waals surface area contributed by atoms with Crippen molar-refractivity contribution in [2.24, 2.45) is 0 Å². The Morgan fingerprint density at radius 2 is 2.08 bits per heavy atom. The van der Waals surface area contributed by atoms with Crippen LogP contribution in [0.4, 0.5) is 0 Å². The lowest BCUT2D eigenvalue weighted by molar-refractivity contribution is -0.361. The zero-order chi connectivity index (χ0) is 18.2. The smallest absolute Gasteiger partial charge is 0.223 e. The summed E-state index contributed by atoms with van der Waals surface area (Å²) < 4.78 is 23.4. The molecule has 138 valence electrons. The summed E-state index contributed by atoms with van der Waals surface area (Å²) in [6.07, 6.45) is -2.94. The summed E-state index contributed by atoms with van der Waals surface area (Å²) in [5.74, 6) is -0.474. The van der Waals surface area contributed by atoms with Crippen molar-refractivity contribution in [3.8, 4) is 5.75 Å². The fraction of sp³-hybridized carbons (Fsp3) is 0.611. The van der Waals surface area contributed by atoms with E-state index in [9.17, 15) is 9.90 Å². The third-order valence-corrected chi connectivity index (χ3v) is 4.39. The number of aliphatic hydroxyl groups is 1. The highest BCUT2D eigenvalue weighted by Crippen LogP contribution is 2.33. The van der Waals surface area contributed by atoms with Gasteiger partial charge in [-0.3, -0.25) is 4.79 Å². The van der Waals surface area contributed by atoms with Gasteiger partial charge >= 0.3 is 0 Å². The fourth-order valence-electron chi connectivity index (χ4n) is 3.15. The van der Waals surface area contributed by atoms with Crippen LogP contribution in [0, 0.1) is 6.92 Å². The molecule has 2 heterocycles. The van der Waals surface area contributed by atoms with Crippen molar-refractivity contribution in [1.29, 1.82) is 0 Å². The van der Waals surface area contributed by atoms with Gasteiger partial charge in [0.15, 0.2) is 5.79 Å². The molecule has 7 nitrogen and oxygen atoms in total. The molecule has 2 aliphatic rings. The molecule has 0 aliphatic carbocycles. The van der Waals surface area contributed by atoms with Crippen LogP contribution in [0.1, 0.15) is 26.3 Å². The van der Waals surface area contributed by atoms with Crippen LogP contribution >= 0.6 is 0 Å². The normalized spacial score (nSPS) is 34.0. The summed E-state index contributed by atoms with van der Waals surface area (Å²) in [4.78, 5) is 11.6. The number of aryl methyl sites for hydroxylation is 1. The number of ether oxygens (including phenoxy) is 4. The van der Waals surface area contributed by atoms with Gasteiger partial charge in [0, 0.05) is 6.92 Å². The Labute approximate surface area is 147 Å². The largest absolute Gasteiger partial charge is 0.462 e. The van der Waals surface area contributed by atoms with E-state index >= 15 is 0 Å². The number of benzene rings is 1.